The van der Waals surface area contributed by atoms with E-state index < -0.39 is 0 Å². The number of rotatable bonds is 3. The highest BCUT2D eigenvalue weighted by Crippen LogP contribution is 2.23. The number of para-hydroxylation sites is 2. The van der Waals surface area contributed by atoms with Crippen molar-refractivity contribution >= 4 is 40.2 Å². The summed E-state index contributed by atoms with van der Waals surface area (Å²) in [4.78, 5) is 15.5. The van der Waals surface area contributed by atoms with Gasteiger partial charge in [-0.05, 0) is 12.1 Å². The number of carbonyl (C=O) groups is 1. The van der Waals surface area contributed by atoms with Crippen LogP contribution in [0.15, 0.2) is 45.1 Å². The van der Waals surface area contributed by atoms with Crippen molar-refractivity contribution in [2.45, 2.75) is 0 Å². The number of thioether (sulfide) groups is 1. The first-order chi connectivity index (χ1) is 9.24. The van der Waals surface area contributed by atoms with Crippen LogP contribution in [-0.4, -0.2) is 27.2 Å². The molecule has 0 bridgehead atoms. The Kier molecular flexibility index (Phi) is 2.96. The SMILES string of the molecule is O=C1SCC(O)=C1/C=N/Nc1nc2ccccc2o1. The first kappa shape index (κ1) is 11.8. The van der Waals surface area contributed by atoms with Gasteiger partial charge < -0.3 is 9.52 Å². The van der Waals surface area contributed by atoms with E-state index in [0.29, 0.717) is 11.3 Å². The maximum atomic E-state index is 11.4. The van der Waals surface area contributed by atoms with Gasteiger partial charge in [0, 0.05) is 0 Å². The second-order valence-electron chi connectivity index (χ2n) is 3.79. The summed E-state index contributed by atoms with van der Waals surface area (Å²) in [5.41, 5.74) is 4.15. The summed E-state index contributed by atoms with van der Waals surface area (Å²) in [6, 6.07) is 7.55. The summed E-state index contributed by atoms with van der Waals surface area (Å²) in [6.07, 6.45) is 1.27. The summed E-state index contributed by atoms with van der Waals surface area (Å²) < 4.78 is 5.38. The quantitative estimate of drug-likeness (QED) is 0.660. The highest BCUT2D eigenvalue weighted by Gasteiger charge is 2.21. The summed E-state index contributed by atoms with van der Waals surface area (Å²) in [5.74, 6) is 0.335. The maximum absolute atomic E-state index is 11.4. The Morgan fingerprint density at radius 1 is 1.47 bits per heavy atom. The van der Waals surface area contributed by atoms with Crippen LogP contribution in [0.2, 0.25) is 0 Å². The van der Waals surface area contributed by atoms with Gasteiger partial charge in [0.25, 0.3) is 0 Å². The predicted octanol–water partition coefficient (Wildman–Crippen LogP) is 2.31. The number of anilines is 1. The molecule has 1 aliphatic heterocycles. The lowest BCUT2D eigenvalue weighted by Gasteiger charge is -1.92. The Bertz CT molecular complexity index is 672. The van der Waals surface area contributed by atoms with Crippen molar-refractivity contribution in [3.8, 4) is 0 Å². The molecular formula is C12H9N3O3S. The van der Waals surface area contributed by atoms with E-state index in [2.05, 4.69) is 15.5 Å². The van der Waals surface area contributed by atoms with E-state index in [1.807, 2.05) is 18.2 Å². The molecule has 0 saturated carbocycles. The zero-order valence-electron chi connectivity index (χ0n) is 9.66. The van der Waals surface area contributed by atoms with Crippen molar-refractivity contribution in [3.63, 3.8) is 0 Å². The van der Waals surface area contributed by atoms with E-state index >= 15 is 0 Å². The van der Waals surface area contributed by atoms with E-state index in [4.69, 9.17) is 4.42 Å². The number of oxazole rings is 1. The van der Waals surface area contributed by atoms with Gasteiger partial charge in [-0.15, -0.1) is 0 Å². The standard InChI is InChI=1S/C12H9N3O3S/c16-9-6-19-11(17)7(9)5-13-15-12-14-8-3-1-2-4-10(8)18-12/h1-5,16H,6H2,(H,14,15)/b13-5+. The second-order valence-corrected chi connectivity index (χ2v) is 4.74. The van der Waals surface area contributed by atoms with Crippen LogP contribution in [-0.2, 0) is 4.79 Å². The molecule has 19 heavy (non-hydrogen) atoms. The van der Waals surface area contributed by atoms with Gasteiger partial charge in [-0.1, -0.05) is 23.9 Å². The summed E-state index contributed by atoms with van der Waals surface area (Å²) >= 11 is 1.04. The monoisotopic (exact) mass is 275 g/mol. The predicted molar refractivity (Wildman–Crippen MR) is 73.2 cm³/mol. The molecule has 0 spiro atoms. The highest BCUT2D eigenvalue weighted by molar-refractivity contribution is 8.14. The lowest BCUT2D eigenvalue weighted by Crippen LogP contribution is -1.98. The molecule has 0 aliphatic carbocycles. The van der Waals surface area contributed by atoms with E-state index in [-0.39, 0.29) is 22.5 Å². The average Bonchev–Trinajstić information content (AvgIpc) is 2.95. The molecule has 2 heterocycles. The number of aromatic nitrogens is 1. The Hall–Kier alpha value is -2.28. The number of benzene rings is 1. The molecule has 0 fully saturated rings. The Morgan fingerprint density at radius 3 is 3.05 bits per heavy atom. The first-order valence-corrected chi connectivity index (χ1v) is 6.46. The summed E-state index contributed by atoms with van der Waals surface area (Å²) in [6.45, 7) is 0. The van der Waals surface area contributed by atoms with Crippen molar-refractivity contribution in [1.82, 2.24) is 4.98 Å². The third-order valence-electron chi connectivity index (χ3n) is 2.52. The molecule has 3 rings (SSSR count). The zero-order valence-corrected chi connectivity index (χ0v) is 10.5. The molecule has 0 radical (unpaired) electrons. The maximum Gasteiger partial charge on any atom is 0.316 e. The molecule has 2 aromatic rings. The van der Waals surface area contributed by atoms with Crippen molar-refractivity contribution in [1.29, 1.82) is 0 Å². The fourth-order valence-electron chi connectivity index (χ4n) is 1.61. The minimum Gasteiger partial charge on any atom is -0.511 e. The molecular weight excluding hydrogens is 266 g/mol. The van der Waals surface area contributed by atoms with Gasteiger partial charge in [0.1, 0.15) is 11.3 Å². The Morgan fingerprint density at radius 2 is 2.32 bits per heavy atom. The molecule has 0 saturated heterocycles. The van der Waals surface area contributed by atoms with E-state index in [9.17, 15) is 9.90 Å². The van der Waals surface area contributed by atoms with Crippen LogP contribution in [0.25, 0.3) is 11.1 Å². The van der Waals surface area contributed by atoms with Crippen molar-refractivity contribution < 1.29 is 14.3 Å². The Labute approximate surface area is 112 Å². The number of aliphatic hydroxyl groups is 1. The number of hydrazone groups is 1. The van der Waals surface area contributed by atoms with Crippen LogP contribution in [0, 0.1) is 0 Å². The molecule has 0 unspecified atom stereocenters. The smallest absolute Gasteiger partial charge is 0.316 e. The van der Waals surface area contributed by atoms with Crippen LogP contribution in [0.3, 0.4) is 0 Å². The van der Waals surface area contributed by atoms with E-state index in [1.54, 1.807) is 6.07 Å². The van der Waals surface area contributed by atoms with Crippen LogP contribution < -0.4 is 5.43 Å². The van der Waals surface area contributed by atoms with Crippen molar-refractivity contribution in [3.05, 3.63) is 35.6 Å². The van der Waals surface area contributed by atoms with Gasteiger partial charge in [0.2, 0.25) is 5.12 Å². The number of carbonyl (C=O) groups excluding carboxylic acids is 1. The largest absolute Gasteiger partial charge is 0.511 e. The van der Waals surface area contributed by atoms with Crippen LogP contribution in [0.4, 0.5) is 6.01 Å². The van der Waals surface area contributed by atoms with Gasteiger partial charge >= 0.3 is 6.01 Å². The Balaban J connectivity index is 1.75. The molecule has 7 heteroatoms. The number of nitrogens with one attached hydrogen (secondary N) is 1. The number of aliphatic hydroxyl groups excluding tert-OH is 1. The second kappa shape index (κ2) is 4.77. The zero-order chi connectivity index (χ0) is 13.2. The van der Waals surface area contributed by atoms with Gasteiger partial charge in [-0.2, -0.15) is 10.1 Å². The number of hydrogen-bond acceptors (Lipinski definition) is 7. The fourth-order valence-corrected chi connectivity index (χ4v) is 2.36. The third kappa shape index (κ3) is 2.32. The number of hydrogen-bond donors (Lipinski definition) is 2. The normalized spacial score (nSPS) is 15.9. The lowest BCUT2D eigenvalue weighted by atomic mass is 10.3. The number of nitrogens with zero attached hydrogens (tertiary/aromatic N) is 2. The fraction of sp³-hybridized carbons (Fsp3) is 0.0833. The van der Waals surface area contributed by atoms with Gasteiger partial charge in [0.15, 0.2) is 5.58 Å². The third-order valence-corrected chi connectivity index (χ3v) is 3.42. The van der Waals surface area contributed by atoms with Crippen LogP contribution in [0.1, 0.15) is 0 Å². The molecule has 2 N–H and O–H groups in total. The molecule has 0 amide bonds. The van der Waals surface area contributed by atoms with Crippen LogP contribution in [0.5, 0.6) is 0 Å². The minimum atomic E-state index is -0.194. The van der Waals surface area contributed by atoms with Gasteiger partial charge in [-0.3, -0.25) is 4.79 Å². The highest BCUT2D eigenvalue weighted by atomic mass is 32.2. The molecule has 0 atom stereocenters. The number of fused-ring (bicyclic) bond motifs is 1. The van der Waals surface area contributed by atoms with Crippen LogP contribution >= 0.6 is 11.8 Å². The molecule has 1 aliphatic rings. The van der Waals surface area contributed by atoms with Gasteiger partial charge in [0.05, 0.1) is 17.5 Å². The van der Waals surface area contributed by atoms with Crippen molar-refractivity contribution in [2.75, 3.05) is 11.2 Å². The minimum absolute atomic E-state index is 0.0399. The van der Waals surface area contributed by atoms with E-state index in [1.165, 1.54) is 6.21 Å². The van der Waals surface area contributed by atoms with E-state index in [0.717, 1.165) is 17.3 Å². The van der Waals surface area contributed by atoms with Crippen molar-refractivity contribution in [2.24, 2.45) is 5.10 Å². The summed E-state index contributed by atoms with van der Waals surface area (Å²) in [7, 11) is 0. The van der Waals surface area contributed by atoms with Gasteiger partial charge in [-0.25, -0.2) is 5.43 Å². The topological polar surface area (TPSA) is 87.7 Å². The molecule has 96 valence electrons. The lowest BCUT2D eigenvalue weighted by molar-refractivity contribution is -0.107. The molecule has 1 aromatic carbocycles. The molecule has 6 nitrogen and oxygen atoms in total. The molecule has 1 aromatic heterocycles. The average molecular weight is 275 g/mol. The first-order valence-electron chi connectivity index (χ1n) is 5.48. The summed E-state index contributed by atoms with van der Waals surface area (Å²) in [5, 5.41) is 13.1.